The van der Waals surface area contributed by atoms with Crippen LogP contribution in [-0.2, 0) is 5.41 Å². The fraction of sp³-hybridized carbons (Fsp3) is 0.0588. The van der Waals surface area contributed by atoms with Crippen LogP contribution < -0.4 is 4.90 Å². The van der Waals surface area contributed by atoms with Crippen LogP contribution in [0, 0.1) is 0 Å². The van der Waals surface area contributed by atoms with Crippen molar-refractivity contribution in [1.29, 1.82) is 0 Å². The number of rotatable bonds is 6. The van der Waals surface area contributed by atoms with Gasteiger partial charge in [0.05, 0.1) is 22.4 Å². The first-order valence-corrected chi connectivity index (χ1v) is 18.4. The second-order valence-corrected chi connectivity index (χ2v) is 14.5. The summed E-state index contributed by atoms with van der Waals surface area (Å²) in [6, 6.07) is 67.9. The quantitative estimate of drug-likeness (QED) is 0.174. The molecule has 252 valence electrons. The molecule has 10 rings (SSSR count). The zero-order valence-electron chi connectivity index (χ0n) is 29.8. The van der Waals surface area contributed by atoms with Crippen molar-refractivity contribution in [1.82, 2.24) is 0 Å². The van der Waals surface area contributed by atoms with Crippen LogP contribution in [0.15, 0.2) is 192 Å². The van der Waals surface area contributed by atoms with E-state index in [9.17, 15) is 0 Å². The molecule has 2 heteroatoms. The van der Waals surface area contributed by atoms with Crippen LogP contribution in [0.2, 0.25) is 0 Å². The van der Waals surface area contributed by atoms with Gasteiger partial charge in [-0.05, 0) is 80.9 Å². The van der Waals surface area contributed by atoms with Gasteiger partial charge in [-0.2, -0.15) is 0 Å². The van der Waals surface area contributed by atoms with Gasteiger partial charge in [-0.15, -0.1) is 0 Å². The van der Waals surface area contributed by atoms with E-state index in [4.69, 9.17) is 4.42 Å². The minimum atomic E-state index is -0.106. The van der Waals surface area contributed by atoms with Crippen LogP contribution in [0.5, 0.6) is 0 Å². The Hall–Kier alpha value is -6.64. The highest BCUT2D eigenvalue weighted by Crippen LogP contribution is 2.55. The normalized spacial score (nSPS) is 12.9. The standard InChI is InChI=1S/C51H37NO/c1-51(2)42-25-12-9-22-39(42)49-38(24-15-26-43(49)51)37-21-10-13-27-44(37)52(46-28-16-30-48-50(46)40-23-11-14-29-47(40)53-48)45-32-31-36(34-17-5-3-6-18-34)33-41(45)35-19-7-4-8-20-35/h3-33H,1-2H3. The molecule has 0 atom stereocenters. The molecule has 0 fully saturated rings. The fourth-order valence-electron chi connectivity index (χ4n) is 8.60. The topological polar surface area (TPSA) is 16.4 Å². The van der Waals surface area contributed by atoms with Crippen molar-refractivity contribution in [2.75, 3.05) is 4.90 Å². The molecular weight excluding hydrogens is 643 g/mol. The minimum absolute atomic E-state index is 0.106. The van der Waals surface area contributed by atoms with Crippen LogP contribution in [0.3, 0.4) is 0 Å². The van der Waals surface area contributed by atoms with Gasteiger partial charge in [0.1, 0.15) is 11.2 Å². The lowest BCUT2D eigenvalue weighted by Gasteiger charge is -2.31. The third-order valence-corrected chi connectivity index (χ3v) is 11.1. The molecule has 53 heavy (non-hydrogen) atoms. The summed E-state index contributed by atoms with van der Waals surface area (Å²) < 4.78 is 6.52. The average molecular weight is 680 g/mol. The lowest BCUT2D eigenvalue weighted by atomic mass is 9.82. The van der Waals surface area contributed by atoms with Gasteiger partial charge in [0.25, 0.3) is 0 Å². The molecule has 0 amide bonds. The molecular formula is C51H37NO. The first-order chi connectivity index (χ1) is 26.1. The molecule has 1 aliphatic carbocycles. The van der Waals surface area contributed by atoms with Crippen molar-refractivity contribution >= 4 is 39.0 Å². The van der Waals surface area contributed by atoms with Crippen molar-refractivity contribution in [2.24, 2.45) is 0 Å². The van der Waals surface area contributed by atoms with Crippen molar-refractivity contribution in [3.05, 3.63) is 199 Å². The Bertz CT molecular complexity index is 2810. The summed E-state index contributed by atoms with van der Waals surface area (Å²) in [6.07, 6.45) is 0. The van der Waals surface area contributed by atoms with Gasteiger partial charge in [0, 0.05) is 21.9 Å². The highest BCUT2D eigenvalue weighted by Gasteiger charge is 2.37. The maximum Gasteiger partial charge on any atom is 0.137 e. The first kappa shape index (κ1) is 31.1. The van der Waals surface area contributed by atoms with E-state index >= 15 is 0 Å². The van der Waals surface area contributed by atoms with E-state index in [-0.39, 0.29) is 5.41 Å². The third kappa shape index (κ3) is 4.94. The molecule has 0 spiro atoms. The lowest BCUT2D eigenvalue weighted by molar-refractivity contribution is 0.660. The number of hydrogen-bond donors (Lipinski definition) is 0. The molecule has 0 N–H and O–H groups in total. The van der Waals surface area contributed by atoms with Gasteiger partial charge in [-0.1, -0.05) is 166 Å². The molecule has 8 aromatic carbocycles. The van der Waals surface area contributed by atoms with Gasteiger partial charge >= 0.3 is 0 Å². The number of hydrogen-bond acceptors (Lipinski definition) is 2. The van der Waals surface area contributed by atoms with Crippen LogP contribution in [0.4, 0.5) is 17.1 Å². The minimum Gasteiger partial charge on any atom is -0.456 e. The molecule has 0 radical (unpaired) electrons. The number of furan rings is 1. The van der Waals surface area contributed by atoms with Crippen LogP contribution in [0.25, 0.3) is 66.4 Å². The summed E-state index contributed by atoms with van der Waals surface area (Å²) in [4.78, 5) is 2.47. The molecule has 0 unspecified atom stereocenters. The first-order valence-electron chi connectivity index (χ1n) is 18.4. The largest absolute Gasteiger partial charge is 0.456 e. The maximum absolute atomic E-state index is 6.52. The molecule has 1 aliphatic rings. The van der Waals surface area contributed by atoms with Crippen molar-refractivity contribution in [3.8, 4) is 44.5 Å². The highest BCUT2D eigenvalue weighted by atomic mass is 16.3. The van der Waals surface area contributed by atoms with Gasteiger partial charge in [-0.25, -0.2) is 0 Å². The number of anilines is 3. The van der Waals surface area contributed by atoms with Crippen molar-refractivity contribution in [2.45, 2.75) is 19.3 Å². The predicted molar refractivity (Wildman–Crippen MR) is 222 cm³/mol. The zero-order chi connectivity index (χ0) is 35.5. The van der Waals surface area contributed by atoms with Gasteiger partial charge < -0.3 is 9.32 Å². The summed E-state index contributed by atoms with van der Waals surface area (Å²) in [7, 11) is 0. The summed E-state index contributed by atoms with van der Waals surface area (Å²) in [5.74, 6) is 0. The third-order valence-electron chi connectivity index (χ3n) is 11.1. The zero-order valence-corrected chi connectivity index (χ0v) is 29.8. The smallest absolute Gasteiger partial charge is 0.137 e. The Kier molecular flexibility index (Phi) is 7.19. The van der Waals surface area contributed by atoms with E-state index in [1.165, 1.54) is 44.5 Å². The van der Waals surface area contributed by atoms with Gasteiger partial charge in [0.15, 0.2) is 0 Å². The number of nitrogens with zero attached hydrogens (tertiary/aromatic N) is 1. The monoisotopic (exact) mass is 679 g/mol. The Labute approximate surface area is 310 Å². The van der Waals surface area contributed by atoms with E-state index < -0.39 is 0 Å². The molecule has 1 heterocycles. The molecule has 9 aromatic rings. The van der Waals surface area contributed by atoms with E-state index in [1.807, 2.05) is 6.07 Å². The van der Waals surface area contributed by atoms with Gasteiger partial charge in [0.2, 0.25) is 0 Å². The van der Waals surface area contributed by atoms with Crippen LogP contribution in [-0.4, -0.2) is 0 Å². The summed E-state index contributed by atoms with van der Waals surface area (Å²) in [6.45, 7) is 4.70. The fourth-order valence-corrected chi connectivity index (χ4v) is 8.60. The number of para-hydroxylation sites is 2. The Morgan fingerprint density at radius 3 is 1.81 bits per heavy atom. The summed E-state index contributed by atoms with van der Waals surface area (Å²) in [5.41, 5.74) is 17.3. The van der Waals surface area contributed by atoms with Crippen LogP contribution >= 0.6 is 0 Å². The highest BCUT2D eigenvalue weighted by molar-refractivity contribution is 6.14. The van der Waals surface area contributed by atoms with E-state index in [0.29, 0.717) is 0 Å². The van der Waals surface area contributed by atoms with Crippen LogP contribution in [0.1, 0.15) is 25.0 Å². The van der Waals surface area contributed by atoms with Gasteiger partial charge in [-0.3, -0.25) is 0 Å². The molecule has 0 aliphatic heterocycles. The number of fused-ring (bicyclic) bond motifs is 6. The Morgan fingerprint density at radius 2 is 0.981 bits per heavy atom. The van der Waals surface area contributed by atoms with E-state index in [2.05, 4.69) is 201 Å². The second kappa shape index (κ2) is 12.3. The Balaban J connectivity index is 1.30. The number of benzene rings is 8. The predicted octanol–water partition coefficient (Wildman–Crippen LogP) is 14.4. The van der Waals surface area contributed by atoms with E-state index in [0.717, 1.165) is 50.1 Å². The summed E-state index contributed by atoms with van der Waals surface area (Å²) in [5, 5.41) is 2.19. The average Bonchev–Trinajstić information content (AvgIpc) is 3.72. The summed E-state index contributed by atoms with van der Waals surface area (Å²) >= 11 is 0. The van der Waals surface area contributed by atoms with Crippen molar-refractivity contribution in [3.63, 3.8) is 0 Å². The second-order valence-electron chi connectivity index (χ2n) is 14.5. The SMILES string of the molecule is CC1(C)c2ccccc2-c2c(-c3ccccc3N(c3ccc(-c4ccccc4)cc3-c3ccccc3)c3cccc4oc5ccccc5c34)cccc21. The van der Waals surface area contributed by atoms with Crippen molar-refractivity contribution < 1.29 is 4.42 Å². The molecule has 0 bridgehead atoms. The molecule has 2 nitrogen and oxygen atoms in total. The maximum atomic E-state index is 6.52. The lowest BCUT2D eigenvalue weighted by Crippen LogP contribution is -2.15. The molecule has 1 aromatic heterocycles. The molecule has 0 saturated carbocycles. The Morgan fingerprint density at radius 1 is 0.396 bits per heavy atom. The van der Waals surface area contributed by atoms with E-state index in [1.54, 1.807) is 0 Å². The molecule has 0 saturated heterocycles.